The summed E-state index contributed by atoms with van der Waals surface area (Å²) in [5.41, 5.74) is 0.621. The molecule has 1 aliphatic heterocycles. The molecule has 25 heavy (non-hydrogen) atoms. The molecule has 6 heteroatoms. The van der Waals surface area contributed by atoms with Crippen LogP contribution in [-0.4, -0.2) is 47.5 Å². The average Bonchev–Trinajstić information content (AvgIpc) is 3.33. The molecule has 0 radical (unpaired) electrons. The number of hydrogen-bond donors (Lipinski definition) is 0. The Bertz CT molecular complexity index is 724. The van der Waals surface area contributed by atoms with E-state index in [4.69, 9.17) is 4.42 Å². The van der Waals surface area contributed by atoms with Crippen LogP contribution in [0.3, 0.4) is 0 Å². The lowest BCUT2D eigenvalue weighted by molar-refractivity contribution is -0.127. The highest BCUT2D eigenvalue weighted by atomic mass is 32.2. The highest BCUT2D eigenvalue weighted by molar-refractivity contribution is 8.00. The van der Waals surface area contributed by atoms with Gasteiger partial charge in [0.1, 0.15) is 5.76 Å². The minimum atomic E-state index is -0.0758. The van der Waals surface area contributed by atoms with Gasteiger partial charge < -0.3 is 14.2 Å². The van der Waals surface area contributed by atoms with Gasteiger partial charge in [-0.1, -0.05) is 12.1 Å². The van der Waals surface area contributed by atoms with Gasteiger partial charge in [-0.3, -0.25) is 9.59 Å². The number of benzene rings is 1. The number of amides is 2. The number of carbonyl (C=O) groups excluding carboxylic acids is 2. The molecule has 2 aromatic rings. The number of thioether (sulfide) groups is 1. The smallest absolute Gasteiger partial charge is 0.255 e. The summed E-state index contributed by atoms with van der Waals surface area (Å²) in [5, 5.41) is 0. The van der Waals surface area contributed by atoms with Crippen molar-refractivity contribution in [2.24, 2.45) is 0 Å². The molecule has 2 amide bonds. The molecule has 0 atom stereocenters. The molecule has 0 spiro atoms. The maximum atomic E-state index is 12.8. The van der Waals surface area contributed by atoms with E-state index in [9.17, 15) is 9.59 Å². The number of likely N-dealkylation sites (tertiary alicyclic amines) is 1. The summed E-state index contributed by atoms with van der Waals surface area (Å²) < 4.78 is 5.31. The fraction of sp³-hybridized carbons (Fsp3) is 0.368. The van der Waals surface area contributed by atoms with Gasteiger partial charge in [-0.15, -0.1) is 11.8 Å². The van der Waals surface area contributed by atoms with Crippen molar-refractivity contribution >= 4 is 23.6 Å². The van der Waals surface area contributed by atoms with Crippen molar-refractivity contribution in [3.05, 3.63) is 54.0 Å². The van der Waals surface area contributed by atoms with Crippen LogP contribution in [0.15, 0.2) is 52.0 Å². The summed E-state index contributed by atoms with van der Waals surface area (Å²) in [6, 6.07) is 11.1. The Morgan fingerprint density at radius 1 is 1.16 bits per heavy atom. The SMILES string of the molecule is CN(Cc1ccco1)C(=O)c1ccccc1SCC(=O)N1CCCC1. The molecule has 1 fully saturated rings. The van der Waals surface area contributed by atoms with E-state index in [-0.39, 0.29) is 11.8 Å². The summed E-state index contributed by atoms with van der Waals surface area (Å²) in [5.74, 6) is 1.18. The second-order valence-corrected chi connectivity index (χ2v) is 7.13. The third kappa shape index (κ3) is 4.45. The molecule has 0 bridgehead atoms. The molecule has 0 saturated carbocycles. The second-order valence-electron chi connectivity index (χ2n) is 6.11. The maximum absolute atomic E-state index is 12.8. The Hall–Kier alpha value is -2.21. The first-order valence-corrected chi connectivity index (χ1v) is 9.41. The van der Waals surface area contributed by atoms with Crippen LogP contribution in [0.5, 0.6) is 0 Å². The van der Waals surface area contributed by atoms with Crippen molar-refractivity contribution < 1.29 is 14.0 Å². The Morgan fingerprint density at radius 2 is 1.92 bits per heavy atom. The van der Waals surface area contributed by atoms with Gasteiger partial charge in [0.2, 0.25) is 5.91 Å². The minimum Gasteiger partial charge on any atom is -0.467 e. The maximum Gasteiger partial charge on any atom is 0.255 e. The van der Waals surface area contributed by atoms with Crippen LogP contribution in [0.2, 0.25) is 0 Å². The molecule has 0 unspecified atom stereocenters. The molecule has 0 N–H and O–H groups in total. The van der Waals surface area contributed by atoms with Crippen LogP contribution in [0, 0.1) is 0 Å². The van der Waals surface area contributed by atoms with E-state index in [1.165, 1.54) is 11.8 Å². The number of hydrogen-bond acceptors (Lipinski definition) is 4. The first kappa shape index (κ1) is 17.6. The molecular weight excluding hydrogens is 336 g/mol. The monoisotopic (exact) mass is 358 g/mol. The normalized spacial score (nSPS) is 13.9. The largest absolute Gasteiger partial charge is 0.467 e. The number of nitrogens with zero attached hydrogens (tertiary/aromatic N) is 2. The van der Waals surface area contributed by atoms with Crippen LogP contribution in [0.4, 0.5) is 0 Å². The fourth-order valence-electron chi connectivity index (χ4n) is 2.88. The van der Waals surface area contributed by atoms with Gasteiger partial charge in [0.15, 0.2) is 0 Å². The molecule has 1 aromatic carbocycles. The van der Waals surface area contributed by atoms with Gasteiger partial charge >= 0.3 is 0 Å². The molecule has 0 aliphatic carbocycles. The summed E-state index contributed by atoms with van der Waals surface area (Å²) in [6.45, 7) is 2.12. The Balaban J connectivity index is 1.65. The van der Waals surface area contributed by atoms with E-state index in [1.807, 2.05) is 35.2 Å². The number of carbonyl (C=O) groups is 2. The van der Waals surface area contributed by atoms with Crippen LogP contribution < -0.4 is 0 Å². The number of rotatable bonds is 6. The molecule has 1 aromatic heterocycles. The molecule has 132 valence electrons. The van der Waals surface area contributed by atoms with Crippen LogP contribution in [-0.2, 0) is 11.3 Å². The Kier molecular flexibility index (Phi) is 5.81. The van der Waals surface area contributed by atoms with E-state index >= 15 is 0 Å². The van der Waals surface area contributed by atoms with Gasteiger partial charge in [-0.05, 0) is 37.1 Å². The summed E-state index contributed by atoms with van der Waals surface area (Å²) in [6.07, 6.45) is 3.77. The van der Waals surface area contributed by atoms with E-state index in [2.05, 4.69) is 0 Å². The lowest BCUT2D eigenvalue weighted by Gasteiger charge is -2.18. The molecule has 3 rings (SSSR count). The predicted molar refractivity (Wildman–Crippen MR) is 97.5 cm³/mol. The third-order valence-electron chi connectivity index (χ3n) is 4.25. The van der Waals surface area contributed by atoms with Gasteiger partial charge in [-0.2, -0.15) is 0 Å². The fourth-order valence-corrected chi connectivity index (χ4v) is 3.83. The van der Waals surface area contributed by atoms with E-state index in [1.54, 1.807) is 24.3 Å². The lowest BCUT2D eigenvalue weighted by Crippen LogP contribution is -2.29. The summed E-state index contributed by atoms with van der Waals surface area (Å²) in [4.78, 5) is 29.4. The molecule has 5 nitrogen and oxygen atoms in total. The van der Waals surface area contributed by atoms with Crippen molar-refractivity contribution in [3.8, 4) is 0 Å². The zero-order valence-corrected chi connectivity index (χ0v) is 15.1. The highest BCUT2D eigenvalue weighted by Crippen LogP contribution is 2.25. The van der Waals surface area contributed by atoms with Crippen LogP contribution in [0.25, 0.3) is 0 Å². The van der Waals surface area contributed by atoms with E-state index < -0.39 is 0 Å². The Labute approximate surface area is 152 Å². The van der Waals surface area contributed by atoms with Crippen molar-refractivity contribution in [2.45, 2.75) is 24.3 Å². The molecule has 1 aliphatic rings. The summed E-state index contributed by atoms with van der Waals surface area (Å²) >= 11 is 1.43. The van der Waals surface area contributed by atoms with Crippen molar-refractivity contribution in [3.63, 3.8) is 0 Å². The summed E-state index contributed by atoms with van der Waals surface area (Å²) in [7, 11) is 1.75. The van der Waals surface area contributed by atoms with Crippen LogP contribution >= 0.6 is 11.8 Å². The average molecular weight is 358 g/mol. The minimum absolute atomic E-state index is 0.0758. The lowest BCUT2D eigenvalue weighted by atomic mass is 10.2. The molecular formula is C19H22N2O3S. The third-order valence-corrected chi connectivity index (χ3v) is 5.31. The standard InChI is InChI=1S/C19H22N2O3S/c1-20(13-15-7-6-12-24-15)19(23)16-8-2-3-9-17(16)25-14-18(22)21-10-4-5-11-21/h2-3,6-9,12H,4-5,10-11,13-14H2,1H3. The van der Waals surface area contributed by atoms with Gasteiger partial charge in [-0.25, -0.2) is 0 Å². The van der Waals surface area contributed by atoms with Crippen molar-refractivity contribution in [2.75, 3.05) is 25.9 Å². The zero-order chi connectivity index (χ0) is 17.6. The topological polar surface area (TPSA) is 53.8 Å². The molecule has 1 saturated heterocycles. The molecule has 2 heterocycles. The van der Waals surface area contributed by atoms with E-state index in [0.717, 1.165) is 36.6 Å². The quantitative estimate of drug-likeness (QED) is 0.744. The first-order valence-electron chi connectivity index (χ1n) is 8.42. The van der Waals surface area contributed by atoms with Crippen molar-refractivity contribution in [1.29, 1.82) is 0 Å². The van der Waals surface area contributed by atoms with Gasteiger partial charge in [0, 0.05) is 25.0 Å². The zero-order valence-electron chi connectivity index (χ0n) is 14.3. The highest BCUT2D eigenvalue weighted by Gasteiger charge is 2.20. The van der Waals surface area contributed by atoms with Gasteiger partial charge in [0.25, 0.3) is 5.91 Å². The van der Waals surface area contributed by atoms with Crippen molar-refractivity contribution in [1.82, 2.24) is 9.80 Å². The first-order chi connectivity index (χ1) is 12.1. The van der Waals surface area contributed by atoms with Crippen LogP contribution in [0.1, 0.15) is 29.0 Å². The number of furan rings is 1. The second kappa shape index (κ2) is 8.25. The van der Waals surface area contributed by atoms with E-state index in [0.29, 0.717) is 17.9 Å². The Morgan fingerprint density at radius 3 is 2.64 bits per heavy atom. The van der Waals surface area contributed by atoms with Gasteiger partial charge in [0.05, 0.1) is 24.1 Å². The predicted octanol–water partition coefficient (Wildman–Crippen LogP) is 3.27.